The average Bonchev–Trinajstić information content (AvgIpc) is 2.48. The summed E-state index contributed by atoms with van der Waals surface area (Å²) in [6.07, 6.45) is -0.505. The Morgan fingerprint density at radius 2 is 2.19 bits per heavy atom. The Kier molecular flexibility index (Phi) is 5.73. The van der Waals surface area contributed by atoms with Crippen LogP contribution < -0.4 is 5.32 Å². The van der Waals surface area contributed by atoms with E-state index in [4.69, 9.17) is 4.74 Å². The molecule has 0 aliphatic carbocycles. The molecule has 0 aromatic heterocycles. The van der Waals surface area contributed by atoms with E-state index < -0.39 is 12.2 Å². The molecular formula is C16H24N2O3. The minimum absolute atomic E-state index is 0.102. The molecule has 1 aliphatic rings. The molecule has 2 N–H and O–H groups in total. The molecule has 1 heterocycles. The molecule has 1 aromatic rings. The number of nitrogens with zero attached hydrogens (tertiary/aromatic N) is 1. The second kappa shape index (κ2) is 7.54. The van der Waals surface area contributed by atoms with Gasteiger partial charge in [0.15, 0.2) is 0 Å². The fourth-order valence-corrected chi connectivity index (χ4v) is 2.48. The van der Waals surface area contributed by atoms with Crippen LogP contribution in [0.15, 0.2) is 30.3 Å². The van der Waals surface area contributed by atoms with Crippen molar-refractivity contribution in [3.05, 3.63) is 35.9 Å². The van der Waals surface area contributed by atoms with Crippen LogP contribution in [0.3, 0.4) is 0 Å². The minimum atomic E-state index is -0.573. The van der Waals surface area contributed by atoms with Crippen molar-refractivity contribution in [1.82, 2.24) is 10.2 Å². The van der Waals surface area contributed by atoms with Gasteiger partial charge in [-0.2, -0.15) is 0 Å². The van der Waals surface area contributed by atoms with Crippen LogP contribution in [0.2, 0.25) is 0 Å². The van der Waals surface area contributed by atoms with Gasteiger partial charge >= 0.3 is 0 Å². The highest BCUT2D eigenvalue weighted by molar-refractivity contribution is 5.81. The maximum Gasteiger partial charge on any atom is 0.250 e. The van der Waals surface area contributed by atoms with E-state index in [0.717, 1.165) is 12.1 Å². The summed E-state index contributed by atoms with van der Waals surface area (Å²) in [7, 11) is 1.98. The Hall–Kier alpha value is -1.43. The van der Waals surface area contributed by atoms with Crippen LogP contribution in [0.1, 0.15) is 25.0 Å². The highest BCUT2D eigenvalue weighted by Gasteiger charge is 2.26. The molecule has 0 radical (unpaired) electrons. The third kappa shape index (κ3) is 4.81. The fourth-order valence-electron chi connectivity index (χ4n) is 2.48. The minimum Gasteiger partial charge on any atom is -0.388 e. The normalized spacial score (nSPS) is 22.5. The lowest BCUT2D eigenvalue weighted by atomic mass is 10.0. The number of hydrogen-bond donors (Lipinski definition) is 2. The Labute approximate surface area is 125 Å². The standard InChI is InChI=1S/C16H24N2O3/c1-12(10-14(19)13-6-4-3-5-7-13)17-16(20)15-11-18(2)8-9-21-15/h3-7,12,14-15,19H,8-11H2,1-2H3,(H,17,20). The lowest BCUT2D eigenvalue weighted by Gasteiger charge is -2.30. The van der Waals surface area contributed by atoms with Crippen LogP contribution in [0.4, 0.5) is 0 Å². The molecule has 5 heteroatoms. The van der Waals surface area contributed by atoms with Gasteiger partial charge in [0.2, 0.25) is 0 Å². The number of morpholine rings is 1. The number of nitrogens with one attached hydrogen (secondary N) is 1. The van der Waals surface area contributed by atoms with Gasteiger partial charge in [0.25, 0.3) is 5.91 Å². The molecule has 5 nitrogen and oxygen atoms in total. The Balaban J connectivity index is 1.81. The number of hydrogen-bond acceptors (Lipinski definition) is 4. The van der Waals surface area contributed by atoms with Crippen LogP contribution in [0.25, 0.3) is 0 Å². The molecule has 0 saturated carbocycles. The van der Waals surface area contributed by atoms with E-state index in [9.17, 15) is 9.90 Å². The number of amides is 1. The van der Waals surface area contributed by atoms with Crippen LogP contribution >= 0.6 is 0 Å². The first kappa shape index (κ1) is 15.9. The highest BCUT2D eigenvalue weighted by Crippen LogP contribution is 2.17. The molecule has 0 bridgehead atoms. The van der Waals surface area contributed by atoms with Gasteiger partial charge in [-0.3, -0.25) is 4.79 Å². The van der Waals surface area contributed by atoms with Crippen molar-refractivity contribution in [2.24, 2.45) is 0 Å². The number of carbonyl (C=O) groups excluding carboxylic acids is 1. The maximum atomic E-state index is 12.1. The van der Waals surface area contributed by atoms with Gasteiger partial charge in [0.1, 0.15) is 6.10 Å². The summed E-state index contributed by atoms with van der Waals surface area (Å²) in [5, 5.41) is 13.1. The molecule has 116 valence electrons. The number of carbonyl (C=O) groups is 1. The molecule has 1 amide bonds. The van der Waals surface area contributed by atoms with E-state index in [-0.39, 0.29) is 11.9 Å². The van der Waals surface area contributed by atoms with E-state index in [1.807, 2.05) is 44.3 Å². The van der Waals surface area contributed by atoms with E-state index in [0.29, 0.717) is 19.6 Å². The Morgan fingerprint density at radius 1 is 1.48 bits per heavy atom. The molecule has 1 aliphatic heterocycles. The summed E-state index contributed by atoms with van der Waals surface area (Å²) in [4.78, 5) is 14.2. The molecular weight excluding hydrogens is 268 g/mol. The molecule has 2 rings (SSSR count). The van der Waals surface area contributed by atoms with Crippen molar-refractivity contribution < 1.29 is 14.6 Å². The van der Waals surface area contributed by atoms with Gasteiger partial charge in [0, 0.05) is 19.1 Å². The number of rotatable bonds is 5. The smallest absolute Gasteiger partial charge is 0.250 e. The summed E-state index contributed by atoms with van der Waals surface area (Å²) >= 11 is 0. The number of ether oxygens (including phenoxy) is 1. The lowest BCUT2D eigenvalue weighted by molar-refractivity contribution is -0.138. The fraction of sp³-hybridized carbons (Fsp3) is 0.562. The molecule has 0 spiro atoms. The molecule has 3 atom stereocenters. The zero-order valence-corrected chi connectivity index (χ0v) is 12.7. The molecule has 1 saturated heterocycles. The van der Waals surface area contributed by atoms with Crippen LogP contribution in [0.5, 0.6) is 0 Å². The molecule has 3 unspecified atom stereocenters. The van der Waals surface area contributed by atoms with Gasteiger partial charge in [-0.25, -0.2) is 0 Å². The first-order valence-corrected chi connectivity index (χ1v) is 7.40. The number of aliphatic hydroxyl groups excluding tert-OH is 1. The van der Waals surface area contributed by atoms with Crippen molar-refractivity contribution in [2.45, 2.75) is 31.6 Å². The van der Waals surface area contributed by atoms with Crippen LogP contribution in [-0.4, -0.2) is 54.8 Å². The Morgan fingerprint density at radius 3 is 2.86 bits per heavy atom. The zero-order valence-electron chi connectivity index (χ0n) is 12.7. The molecule has 21 heavy (non-hydrogen) atoms. The van der Waals surface area contributed by atoms with E-state index in [1.54, 1.807) is 0 Å². The first-order valence-electron chi connectivity index (χ1n) is 7.40. The quantitative estimate of drug-likeness (QED) is 0.848. The zero-order chi connectivity index (χ0) is 15.2. The maximum absolute atomic E-state index is 12.1. The van der Waals surface area contributed by atoms with E-state index >= 15 is 0 Å². The van der Waals surface area contributed by atoms with Gasteiger partial charge in [-0.15, -0.1) is 0 Å². The largest absolute Gasteiger partial charge is 0.388 e. The Bertz CT molecular complexity index is 452. The van der Waals surface area contributed by atoms with E-state index in [1.165, 1.54) is 0 Å². The van der Waals surface area contributed by atoms with Crippen LogP contribution in [-0.2, 0) is 9.53 Å². The van der Waals surface area contributed by atoms with Crippen molar-refractivity contribution >= 4 is 5.91 Å². The molecule has 1 aromatic carbocycles. The summed E-state index contributed by atoms with van der Waals surface area (Å²) in [6, 6.07) is 9.37. The van der Waals surface area contributed by atoms with Crippen molar-refractivity contribution in [3.8, 4) is 0 Å². The van der Waals surface area contributed by atoms with Crippen LogP contribution in [0, 0.1) is 0 Å². The second-order valence-electron chi connectivity index (χ2n) is 5.69. The highest BCUT2D eigenvalue weighted by atomic mass is 16.5. The summed E-state index contributed by atoms with van der Waals surface area (Å²) in [5.41, 5.74) is 0.868. The van der Waals surface area contributed by atoms with Crippen molar-refractivity contribution in [3.63, 3.8) is 0 Å². The number of likely N-dealkylation sites (N-methyl/N-ethyl adjacent to an activating group) is 1. The topological polar surface area (TPSA) is 61.8 Å². The summed E-state index contributed by atoms with van der Waals surface area (Å²) < 4.78 is 5.48. The SMILES string of the molecule is CC(CC(O)c1ccccc1)NC(=O)C1CN(C)CCO1. The van der Waals surface area contributed by atoms with Crippen molar-refractivity contribution in [2.75, 3.05) is 26.7 Å². The average molecular weight is 292 g/mol. The molecule has 1 fully saturated rings. The van der Waals surface area contributed by atoms with Crippen molar-refractivity contribution in [1.29, 1.82) is 0 Å². The number of aliphatic hydroxyl groups is 1. The van der Waals surface area contributed by atoms with Gasteiger partial charge in [-0.05, 0) is 26.0 Å². The summed E-state index contributed by atoms with van der Waals surface area (Å²) in [5.74, 6) is -0.102. The van der Waals surface area contributed by atoms with Gasteiger partial charge in [0.05, 0.1) is 12.7 Å². The third-order valence-electron chi connectivity index (χ3n) is 3.71. The first-order chi connectivity index (χ1) is 10.1. The third-order valence-corrected chi connectivity index (χ3v) is 3.71. The second-order valence-corrected chi connectivity index (χ2v) is 5.69. The predicted molar refractivity (Wildman–Crippen MR) is 80.9 cm³/mol. The van der Waals surface area contributed by atoms with Gasteiger partial charge in [-0.1, -0.05) is 30.3 Å². The number of benzene rings is 1. The summed E-state index contributed by atoms with van der Waals surface area (Å²) in [6.45, 7) is 3.94. The van der Waals surface area contributed by atoms with Gasteiger partial charge < -0.3 is 20.1 Å². The predicted octanol–water partition coefficient (Wildman–Crippen LogP) is 0.945. The lowest BCUT2D eigenvalue weighted by Crippen LogP contribution is -2.50. The monoisotopic (exact) mass is 292 g/mol. The van der Waals surface area contributed by atoms with E-state index in [2.05, 4.69) is 10.2 Å².